The van der Waals surface area contributed by atoms with Gasteiger partial charge in [-0.1, -0.05) is 0 Å². The predicted octanol–water partition coefficient (Wildman–Crippen LogP) is -3.37. The molecule has 0 aromatic carbocycles. The van der Waals surface area contributed by atoms with Gasteiger partial charge in [0, 0.05) is 27.4 Å². The fraction of sp³-hybridized carbons (Fsp3) is 1.00. The fourth-order valence-corrected chi connectivity index (χ4v) is 3.26. The average molecular weight is 286 g/mol. The minimum Gasteiger partial charge on any atom is -0.642 e. The zero-order valence-electron chi connectivity index (χ0n) is 11.7. The number of morpholine rings is 1. The van der Waals surface area contributed by atoms with Gasteiger partial charge in [0.1, 0.15) is 0 Å². The van der Waals surface area contributed by atoms with Gasteiger partial charge in [-0.2, -0.15) is 0 Å². The predicted molar refractivity (Wildman–Crippen MR) is 63.8 cm³/mol. The standard InChI is InChI=1S/C4H8NO.2C3H7O2.Al.Na/c1-3-6-4-2-5-1;2*1-5-3-2-4;;/h1-4H2;2*2-3H2,1H3;;/q3*-1;+2;+1. The van der Waals surface area contributed by atoms with Crippen molar-refractivity contribution in [3.05, 3.63) is 0 Å². The fourth-order valence-electron chi connectivity index (χ4n) is 1.51. The van der Waals surface area contributed by atoms with Crippen LogP contribution in [-0.2, 0) is 21.8 Å². The number of rotatable bonds is 9. The third-order valence-electron chi connectivity index (χ3n) is 2.44. The van der Waals surface area contributed by atoms with Gasteiger partial charge in [0.05, 0.1) is 26.4 Å². The van der Waals surface area contributed by atoms with Crippen molar-refractivity contribution in [1.29, 1.82) is 0 Å². The van der Waals surface area contributed by atoms with E-state index in [0.717, 1.165) is 26.3 Å². The summed E-state index contributed by atoms with van der Waals surface area (Å²) in [6.07, 6.45) is 0. The smallest absolute Gasteiger partial charge is 0.642 e. The maximum Gasteiger partial charge on any atom is 1.00 e. The van der Waals surface area contributed by atoms with Crippen LogP contribution in [0.2, 0.25) is 0 Å². The zero-order chi connectivity index (χ0) is 12.3. The van der Waals surface area contributed by atoms with Gasteiger partial charge in [-0.05, 0) is 13.1 Å². The normalized spacial score (nSPS) is 16.8. The first kappa shape index (κ1) is 19.3. The molecule has 1 aliphatic heterocycles. The summed E-state index contributed by atoms with van der Waals surface area (Å²) in [5.74, 6) is 0. The molecule has 0 unspecified atom stereocenters. The van der Waals surface area contributed by atoms with E-state index in [1.807, 2.05) is 0 Å². The Balaban J connectivity index is 0.00000289. The van der Waals surface area contributed by atoms with E-state index in [9.17, 15) is 0 Å². The molecule has 0 N–H and O–H groups in total. The monoisotopic (exact) mass is 286 g/mol. The first-order chi connectivity index (χ1) is 8.38. The minimum atomic E-state index is -1.78. The second kappa shape index (κ2) is 13.3. The molecule has 0 atom stereocenters. The molecule has 0 aromatic rings. The summed E-state index contributed by atoms with van der Waals surface area (Å²) in [7, 11) is 3.33. The van der Waals surface area contributed by atoms with E-state index in [2.05, 4.69) is 3.88 Å². The maximum atomic E-state index is 5.78. The van der Waals surface area contributed by atoms with Crippen molar-refractivity contribution in [2.75, 3.05) is 67.0 Å². The zero-order valence-corrected chi connectivity index (χ0v) is 14.9. The summed E-state index contributed by atoms with van der Waals surface area (Å²) in [4.78, 5) is 0. The Morgan fingerprint density at radius 3 is 1.89 bits per heavy atom. The molecule has 0 aromatic heterocycles. The van der Waals surface area contributed by atoms with Crippen molar-refractivity contribution >= 4 is 15.0 Å². The number of methoxy groups -OCH3 is 2. The van der Waals surface area contributed by atoms with Gasteiger partial charge >= 0.3 is 44.6 Å². The van der Waals surface area contributed by atoms with Gasteiger partial charge < -0.3 is 25.7 Å². The Labute approximate surface area is 136 Å². The summed E-state index contributed by atoms with van der Waals surface area (Å²) < 4.78 is 29.1. The quantitative estimate of drug-likeness (QED) is 0.326. The van der Waals surface area contributed by atoms with Crippen LogP contribution in [0.5, 0.6) is 0 Å². The van der Waals surface area contributed by atoms with Crippen molar-refractivity contribution < 1.29 is 51.3 Å². The van der Waals surface area contributed by atoms with Crippen LogP contribution in [0.3, 0.4) is 0 Å². The molecule has 1 rings (SSSR count). The Bertz CT molecular complexity index is 176. The van der Waals surface area contributed by atoms with Crippen molar-refractivity contribution in [1.82, 2.24) is 3.88 Å². The topological polar surface area (TPSA) is 49.4 Å². The second-order valence-electron chi connectivity index (χ2n) is 3.68. The molecule has 0 aliphatic carbocycles. The minimum absolute atomic E-state index is 0. The van der Waals surface area contributed by atoms with Gasteiger partial charge in [0.25, 0.3) is 0 Å². The molecule has 1 heterocycles. The summed E-state index contributed by atoms with van der Waals surface area (Å²) in [6, 6.07) is 0. The van der Waals surface area contributed by atoms with Crippen LogP contribution >= 0.6 is 0 Å². The van der Waals surface area contributed by atoms with E-state index in [-0.39, 0.29) is 29.6 Å². The van der Waals surface area contributed by atoms with E-state index < -0.39 is 15.0 Å². The van der Waals surface area contributed by atoms with Crippen LogP contribution < -0.4 is 29.6 Å². The molecule has 18 heavy (non-hydrogen) atoms. The molecule has 1 radical (unpaired) electrons. The van der Waals surface area contributed by atoms with Crippen molar-refractivity contribution in [3.8, 4) is 0 Å². The molecule has 0 spiro atoms. The van der Waals surface area contributed by atoms with Crippen LogP contribution in [0.4, 0.5) is 0 Å². The Morgan fingerprint density at radius 1 is 0.944 bits per heavy atom. The molecule has 0 amide bonds. The van der Waals surface area contributed by atoms with Crippen molar-refractivity contribution in [2.45, 2.75) is 0 Å². The van der Waals surface area contributed by atoms with E-state index in [4.69, 9.17) is 21.8 Å². The van der Waals surface area contributed by atoms with Gasteiger partial charge in [-0.25, -0.2) is 0 Å². The van der Waals surface area contributed by atoms with E-state index in [1.165, 1.54) is 0 Å². The largest absolute Gasteiger partial charge is 1.00 e. The molecule has 1 aliphatic rings. The van der Waals surface area contributed by atoms with Crippen LogP contribution in [0.15, 0.2) is 0 Å². The van der Waals surface area contributed by atoms with Crippen LogP contribution in [0.25, 0.3) is 0 Å². The van der Waals surface area contributed by atoms with E-state index in [1.54, 1.807) is 14.2 Å². The molecule has 8 heteroatoms. The van der Waals surface area contributed by atoms with Gasteiger partial charge in [-0.15, -0.1) is 0 Å². The molecule has 0 bridgehead atoms. The van der Waals surface area contributed by atoms with E-state index >= 15 is 0 Å². The second-order valence-corrected chi connectivity index (χ2v) is 5.69. The maximum absolute atomic E-state index is 5.78. The molecular formula is C10H22AlNNaO5. The van der Waals surface area contributed by atoms with Crippen LogP contribution in [0, 0.1) is 0 Å². The average Bonchev–Trinajstić information content (AvgIpc) is 2.38. The summed E-state index contributed by atoms with van der Waals surface area (Å²) >= 11 is -1.78. The number of nitrogens with zero attached hydrogens (tertiary/aromatic N) is 1. The first-order valence-electron chi connectivity index (χ1n) is 5.91. The SMILES string of the molecule is COCC[O][Al-]([O]CCOC)[N]1CCOCC1.[Na+]. The molecule has 1 fully saturated rings. The third kappa shape index (κ3) is 8.46. The van der Waals surface area contributed by atoms with E-state index in [0.29, 0.717) is 26.4 Å². The first-order valence-corrected chi connectivity index (χ1v) is 7.37. The Morgan fingerprint density at radius 2 is 1.44 bits per heavy atom. The number of hydrogen-bond donors (Lipinski definition) is 0. The summed E-state index contributed by atoms with van der Waals surface area (Å²) in [5, 5.41) is 0. The molecule has 6 nitrogen and oxygen atoms in total. The molecule has 0 saturated carbocycles. The van der Waals surface area contributed by atoms with Gasteiger partial charge in [0.15, 0.2) is 0 Å². The van der Waals surface area contributed by atoms with Crippen LogP contribution in [0.1, 0.15) is 0 Å². The number of hydrogen-bond acceptors (Lipinski definition) is 6. The van der Waals surface area contributed by atoms with Crippen molar-refractivity contribution in [2.24, 2.45) is 0 Å². The van der Waals surface area contributed by atoms with Gasteiger partial charge in [-0.3, -0.25) is 0 Å². The Hall–Kier alpha value is 1.29. The van der Waals surface area contributed by atoms with Crippen molar-refractivity contribution in [3.63, 3.8) is 0 Å². The molecule has 1 saturated heterocycles. The number of ether oxygens (including phenoxy) is 3. The molecular weight excluding hydrogens is 264 g/mol. The summed E-state index contributed by atoms with van der Waals surface area (Å²) in [5.41, 5.74) is 0. The summed E-state index contributed by atoms with van der Waals surface area (Å²) in [6.45, 7) is 5.64. The van der Waals surface area contributed by atoms with Gasteiger partial charge in [0.2, 0.25) is 0 Å². The third-order valence-corrected chi connectivity index (χ3v) is 4.59. The Kier molecular flexibility index (Phi) is 14.2. The van der Waals surface area contributed by atoms with Crippen LogP contribution in [-0.4, -0.2) is 85.9 Å². The molecule has 101 valence electrons.